The van der Waals surface area contributed by atoms with Crippen LogP contribution in [0.5, 0.6) is 6.01 Å². The molecule has 0 saturated carbocycles. The van der Waals surface area contributed by atoms with E-state index in [1.54, 1.807) is 0 Å². The Balaban J connectivity index is 1.53. The molecule has 0 unspecified atom stereocenters. The number of esters is 1. The van der Waals surface area contributed by atoms with Gasteiger partial charge in [0.1, 0.15) is 10.4 Å². The normalized spacial score (nSPS) is 11.2. The number of H-pyrrole nitrogens is 1. The summed E-state index contributed by atoms with van der Waals surface area (Å²) in [7, 11) is 1.37. The van der Waals surface area contributed by atoms with Crippen LogP contribution in [0.25, 0.3) is 33.5 Å². The molecule has 2 aromatic carbocycles. The van der Waals surface area contributed by atoms with Gasteiger partial charge in [0.2, 0.25) is 0 Å². The number of aromatic amines is 1. The number of carbonyl (C=O) groups is 1. The Bertz CT molecular complexity index is 1580. The largest absolute Gasteiger partial charge is 0.465 e. The zero-order valence-electron chi connectivity index (χ0n) is 19.3. The molecule has 5 aromatic rings. The van der Waals surface area contributed by atoms with Gasteiger partial charge in [0.05, 0.1) is 25.8 Å². The molecule has 0 spiro atoms. The van der Waals surface area contributed by atoms with Gasteiger partial charge in [0.25, 0.3) is 6.01 Å². The first-order valence-corrected chi connectivity index (χ1v) is 11.8. The molecule has 0 atom stereocenters. The second-order valence-electron chi connectivity index (χ2n) is 7.78. The lowest BCUT2D eigenvalue weighted by Gasteiger charge is -2.11. The van der Waals surface area contributed by atoms with E-state index in [4.69, 9.17) is 9.47 Å². The van der Waals surface area contributed by atoms with Crippen molar-refractivity contribution in [3.05, 3.63) is 74.4 Å². The molecule has 5 rings (SSSR count). The summed E-state index contributed by atoms with van der Waals surface area (Å²) in [5.74, 6) is -0.618. The standard InChI is InChI=1S/C25H22N4O5S/c1-4-33-24-26-19-14(2)35-21(23(30)32-3)20(19)29(24)13-15-9-11-16(12-10-15)17-7-5-6-8-18(17)22-27-25(31)34-28-22/h5-12H,4,13H2,1-3H3,(H,27,28,31). The van der Waals surface area contributed by atoms with Crippen molar-refractivity contribution in [2.45, 2.75) is 20.4 Å². The maximum atomic E-state index is 12.4. The number of rotatable bonds is 7. The third-order valence-electron chi connectivity index (χ3n) is 5.61. The van der Waals surface area contributed by atoms with E-state index >= 15 is 0 Å². The number of nitrogens with one attached hydrogen (secondary N) is 1. The van der Waals surface area contributed by atoms with Crippen LogP contribution in [0.3, 0.4) is 0 Å². The number of aryl methyl sites for hydroxylation is 1. The van der Waals surface area contributed by atoms with E-state index in [9.17, 15) is 9.59 Å². The number of benzene rings is 2. The van der Waals surface area contributed by atoms with Crippen molar-refractivity contribution in [2.75, 3.05) is 13.7 Å². The summed E-state index contributed by atoms with van der Waals surface area (Å²) in [5, 5.41) is 3.82. The van der Waals surface area contributed by atoms with Crippen molar-refractivity contribution in [1.82, 2.24) is 19.7 Å². The summed E-state index contributed by atoms with van der Waals surface area (Å²) < 4.78 is 17.4. The van der Waals surface area contributed by atoms with Crippen molar-refractivity contribution in [1.29, 1.82) is 0 Å². The summed E-state index contributed by atoms with van der Waals surface area (Å²) >= 11 is 1.37. The lowest BCUT2D eigenvalue weighted by molar-refractivity contribution is 0.0608. The van der Waals surface area contributed by atoms with Crippen LogP contribution in [0.15, 0.2) is 57.8 Å². The highest BCUT2D eigenvalue weighted by molar-refractivity contribution is 7.15. The number of hydrogen-bond donors (Lipinski definition) is 1. The summed E-state index contributed by atoms with van der Waals surface area (Å²) in [5.41, 5.74) is 5.08. The maximum absolute atomic E-state index is 12.4. The molecule has 1 N–H and O–H groups in total. The molecule has 0 fully saturated rings. The third kappa shape index (κ3) is 4.12. The van der Waals surface area contributed by atoms with Crippen molar-refractivity contribution in [3.63, 3.8) is 0 Å². The molecular weight excluding hydrogens is 468 g/mol. The topological polar surface area (TPSA) is 112 Å². The fourth-order valence-electron chi connectivity index (χ4n) is 4.03. The number of ether oxygens (including phenoxy) is 2. The molecule has 0 aliphatic heterocycles. The minimum atomic E-state index is -0.600. The molecule has 35 heavy (non-hydrogen) atoms. The first-order valence-electron chi connectivity index (χ1n) is 11.0. The molecule has 3 heterocycles. The van der Waals surface area contributed by atoms with Crippen LogP contribution < -0.4 is 10.5 Å². The Morgan fingerprint density at radius 2 is 1.89 bits per heavy atom. The predicted molar refractivity (Wildman–Crippen MR) is 132 cm³/mol. The van der Waals surface area contributed by atoms with Gasteiger partial charge in [-0.3, -0.25) is 14.1 Å². The van der Waals surface area contributed by atoms with Crippen LogP contribution in [-0.2, 0) is 11.3 Å². The van der Waals surface area contributed by atoms with Gasteiger partial charge in [-0.05, 0) is 30.5 Å². The number of carbonyl (C=O) groups excluding carboxylic acids is 1. The van der Waals surface area contributed by atoms with E-state index < -0.39 is 11.7 Å². The molecule has 3 aromatic heterocycles. The molecule has 0 aliphatic rings. The van der Waals surface area contributed by atoms with Gasteiger partial charge in [-0.15, -0.1) is 11.3 Å². The van der Waals surface area contributed by atoms with Crippen LogP contribution in [0.1, 0.15) is 27.0 Å². The second-order valence-corrected chi connectivity index (χ2v) is 9.00. The number of imidazole rings is 1. The summed E-state index contributed by atoms with van der Waals surface area (Å²) in [6.07, 6.45) is 0. The van der Waals surface area contributed by atoms with Crippen LogP contribution in [0, 0.1) is 6.92 Å². The van der Waals surface area contributed by atoms with Gasteiger partial charge >= 0.3 is 11.7 Å². The number of methoxy groups -OCH3 is 1. The van der Waals surface area contributed by atoms with Crippen LogP contribution in [-0.4, -0.2) is 39.4 Å². The van der Waals surface area contributed by atoms with E-state index in [1.807, 2.05) is 66.9 Å². The van der Waals surface area contributed by atoms with Crippen LogP contribution in [0.2, 0.25) is 0 Å². The van der Waals surface area contributed by atoms with Crippen molar-refractivity contribution < 1.29 is 18.8 Å². The number of nitrogens with zero attached hydrogens (tertiary/aromatic N) is 3. The van der Waals surface area contributed by atoms with Gasteiger partial charge in [0, 0.05) is 10.4 Å². The Morgan fingerprint density at radius 1 is 1.14 bits per heavy atom. The van der Waals surface area contributed by atoms with Crippen molar-refractivity contribution >= 4 is 28.3 Å². The average molecular weight is 491 g/mol. The highest BCUT2D eigenvalue weighted by atomic mass is 32.1. The van der Waals surface area contributed by atoms with Gasteiger partial charge in [0.15, 0.2) is 5.82 Å². The average Bonchev–Trinajstić information content (AvgIpc) is 3.55. The summed E-state index contributed by atoms with van der Waals surface area (Å²) in [4.78, 5) is 32.6. The Hall–Kier alpha value is -4.18. The van der Waals surface area contributed by atoms with Crippen LogP contribution in [0.4, 0.5) is 0 Å². The quantitative estimate of drug-likeness (QED) is 0.331. The van der Waals surface area contributed by atoms with E-state index in [0.717, 1.165) is 32.6 Å². The zero-order chi connectivity index (χ0) is 24.5. The number of fused-ring (bicyclic) bond motifs is 1. The SMILES string of the molecule is CCOc1nc2c(C)sc(C(=O)OC)c2n1Cc1ccc(-c2ccccc2-c2noc(=O)[nH]2)cc1. The van der Waals surface area contributed by atoms with Gasteiger partial charge < -0.3 is 9.47 Å². The van der Waals surface area contributed by atoms with Gasteiger partial charge in [-0.1, -0.05) is 53.7 Å². The van der Waals surface area contributed by atoms with E-state index in [-0.39, 0.29) is 0 Å². The molecule has 9 nitrogen and oxygen atoms in total. The molecular formula is C25H22N4O5S. The summed E-state index contributed by atoms with van der Waals surface area (Å²) in [6.45, 7) is 4.75. The lowest BCUT2D eigenvalue weighted by Crippen LogP contribution is -2.07. The monoisotopic (exact) mass is 490 g/mol. The third-order valence-corrected chi connectivity index (χ3v) is 6.67. The lowest BCUT2D eigenvalue weighted by atomic mass is 9.98. The van der Waals surface area contributed by atoms with Crippen molar-refractivity contribution in [2.24, 2.45) is 0 Å². The predicted octanol–water partition coefficient (Wildman–Crippen LogP) is 4.65. The molecule has 0 saturated heterocycles. The Kier molecular flexibility index (Phi) is 5.96. The molecule has 0 radical (unpaired) electrons. The molecule has 0 aliphatic carbocycles. The van der Waals surface area contributed by atoms with Gasteiger partial charge in [-0.25, -0.2) is 9.59 Å². The van der Waals surface area contributed by atoms with Gasteiger partial charge in [-0.2, -0.15) is 4.98 Å². The minimum absolute atomic E-state index is 0.375. The fraction of sp³-hybridized carbons (Fsp3) is 0.200. The van der Waals surface area contributed by atoms with Crippen molar-refractivity contribution in [3.8, 4) is 28.5 Å². The first-order chi connectivity index (χ1) is 17.0. The highest BCUT2D eigenvalue weighted by Crippen LogP contribution is 2.35. The number of thiophene rings is 1. The summed E-state index contributed by atoms with van der Waals surface area (Å²) in [6, 6.07) is 16.1. The smallest absolute Gasteiger partial charge is 0.439 e. The van der Waals surface area contributed by atoms with E-state index in [1.165, 1.54) is 18.4 Å². The zero-order valence-corrected chi connectivity index (χ0v) is 20.1. The highest BCUT2D eigenvalue weighted by Gasteiger charge is 2.24. The Morgan fingerprint density at radius 3 is 2.54 bits per heavy atom. The number of hydrogen-bond acceptors (Lipinski definition) is 8. The van der Waals surface area contributed by atoms with Crippen LogP contribution >= 0.6 is 11.3 Å². The second kappa shape index (κ2) is 9.22. The number of aromatic nitrogens is 4. The molecule has 0 bridgehead atoms. The maximum Gasteiger partial charge on any atom is 0.439 e. The molecule has 178 valence electrons. The Labute approximate surface area is 203 Å². The molecule has 10 heteroatoms. The van der Waals surface area contributed by atoms with E-state index in [0.29, 0.717) is 35.4 Å². The minimum Gasteiger partial charge on any atom is -0.465 e. The molecule has 0 amide bonds. The fourth-order valence-corrected chi connectivity index (χ4v) is 5.05. The first kappa shape index (κ1) is 22.6. The van der Waals surface area contributed by atoms with E-state index in [2.05, 4.69) is 19.6 Å².